The summed E-state index contributed by atoms with van der Waals surface area (Å²) in [5, 5.41) is 7.61. The third-order valence-corrected chi connectivity index (χ3v) is 6.28. The van der Waals surface area contributed by atoms with Gasteiger partial charge in [0.1, 0.15) is 0 Å². The number of thiophene rings is 1. The molecular formula is C23H23N5OS. The molecule has 6 nitrogen and oxygen atoms in total. The number of amides is 1. The molecule has 152 valence electrons. The lowest BCUT2D eigenvalue weighted by atomic mass is 10.1. The van der Waals surface area contributed by atoms with Crippen LogP contribution in [-0.4, -0.2) is 43.6 Å². The highest BCUT2D eigenvalue weighted by Gasteiger charge is 2.30. The zero-order valence-electron chi connectivity index (χ0n) is 16.9. The molecule has 4 heterocycles. The Balaban J connectivity index is 1.70. The van der Waals surface area contributed by atoms with E-state index in [1.807, 2.05) is 40.6 Å². The van der Waals surface area contributed by atoms with Gasteiger partial charge in [-0.05, 0) is 54.8 Å². The molecule has 1 aliphatic rings. The minimum absolute atomic E-state index is 0.0192. The van der Waals surface area contributed by atoms with Crippen molar-refractivity contribution in [1.29, 1.82) is 0 Å². The molecule has 0 aliphatic heterocycles. The van der Waals surface area contributed by atoms with E-state index in [0.717, 1.165) is 35.3 Å². The van der Waals surface area contributed by atoms with Crippen molar-refractivity contribution < 1.29 is 4.79 Å². The minimum Gasteiger partial charge on any atom is -0.337 e. The Bertz CT molecular complexity index is 1170. The van der Waals surface area contributed by atoms with E-state index in [9.17, 15) is 4.79 Å². The predicted octanol–water partition coefficient (Wildman–Crippen LogP) is 4.81. The number of fused-ring (bicyclic) bond motifs is 1. The first-order valence-electron chi connectivity index (χ1n) is 10.4. The van der Waals surface area contributed by atoms with Gasteiger partial charge >= 0.3 is 0 Å². The van der Waals surface area contributed by atoms with Crippen molar-refractivity contribution in [3.05, 3.63) is 59.9 Å². The molecule has 0 bridgehead atoms. The van der Waals surface area contributed by atoms with Gasteiger partial charge in [-0.1, -0.05) is 19.1 Å². The molecule has 1 saturated carbocycles. The van der Waals surface area contributed by atoms with Gasteiger partial charge in [-0.15, -0.1) is 11.3 Å². The summed E-state index contributed by atoms with van der Waals surface area (Å²) in [6, 6.07) is 11.7. The molecule has 0 unspecified atom stereocenters. The quantitative estimate of drug-likeness (QED) is 0.433. The van der Waals surface area contributed by atoms with Gasteiger partial charge < -0.3 is 4.90 Å². The van der Waals surface area contributed by atoms with Crippen LogP contribution in [0.4, 0.5) is 0 Å². The number of carbonyl (C=O) groups is 1. The van der Waals surface area contributed by atoms with Crippen molar-refractivity contribution in [2.75, 3.05) is 13.1 Å². The summed E-state index contributed by atoms with van der Waals surface area (Å²) in [6.45, 7) is 3.65. The molecule has 0 radical (unpaired) electrons. The lowest BCUT2D eigenvalue weighted by molar-refractivity contribution is 0.0743. The number of aromatic nitrogens is 4. The Labute approximate surface area is 179 Å². The number of hydrogen-bond acceptors (Lipinski definition) is 5. The van der Waals surface area contributed by atoms with E-state index in [0.29, 0.717) is 23.1 Å². The van der Waals surface area contributed by atoms with Gasteiger partial charge in [0.15, 0.2) is 17.2 Å². The fraction of sp³-hybridized carbons (Fsp3) is 0.304. The van der Waals surface area contributed by atoms with Crippen molar-refractivity contribution in [2.45, 2.75) is 26.2 Å². The van der Waals surface area contributed by atoms with Crippen molar-refractivity contribution >= 4 is 28.3 Å². The summed E-state index contributed by atoms with van der Waals surface area (Å²) in [4.78, 5) is 25.8. The Morgan fingerprint density at radius 3 is 2.77 bits per heavy atom. The van der Waals surface area contributed by atoms with Crippen LogP contribution in [0.25, 0.3) is 27.3 Å². The average Bonchev–Trinajstić information content (AvgIpc) is 3.27. The van der Waals surface area contributed by atoms with Crippen LogP contribution in [0.5, 0.6) is 0 Å². The Morgan fingerprint density at radius 1 is 1.17 bits per heavy atom. The standard InChI is InChI=1S/C23H23N5OS/c1-2-13-27(15-16-8-9-16)23(29)21-20-17(18-6-5-14-30-18)10-12-25-22(20)28(26-21)19-7-3-4-11-24-19/h3-7,10-12,14,16H,2,8-9,13,15H2,1H3. The van der Waals surface area contributed by atoms with Gasteiger partial charge in [0.25, 0.3) is 5.91 Å². The summed E-state index contributed by atoms with van der Waals surface area (Å²) < 4.78 is 1.70. The van der Waals surface area contributed by atoms with E-state index in [2.05, 4.69) is 23.0 Å². The molecule has 0 spiro atoms. The third kappa shape index (κ3) is 3.50. The van der Waals surface area contributed by atoms with Crippen LogP contribution in [0.1, 0.15) is 36.7 Å². The Morgan fingerprint density at radius 2 is 2.07 bits per heavy atom. The molecule has 4 aromatic rings. The molecule has 1 fully saturated rings. The maximum Gasteiger partial charge on any atom is 0.275 e. The second kappa shape index (κ2) is 7.99. The second-order valence-electron chi connectivity index (χ2n) is 7.68. The molecule has 30 heavy (non-hydrogen) atoms. The van der Waals surface area contributed by atoms with Crippen molar-refractivity contribution in [1.82, 2.24) is 24.6 Å². The van der Waals surface area contributed by atoms with E-state index in [4.69, 9.17) is 5.10 Å². The van der Waals surface area contributed by atoms with Crippen LogP contribution in [-0.2, 0) is 0 Å². The van der Waals surface area contributed by atoms with Gasteiger partial charge in [0.05, 0.1) is 5.39 Å². The van der Waals surface area contributed by atoms with Crippen LogP contribution >= 0.6 is 11.3 Å². The second-order valence-corrected chi connectivity index (χ2v) is 8.63. The molecule has 1 aliphatic carbocycles. The van der Waals surface area contributed by atoms with Gasteiger partial charge in [0, 0.05) is 35.9 Å². The fourth-order valence-corrected chi connectivity index (χ4v) is 4.53. The molecule has 7 heteroatoms. The molecular weight excluding hydrogens is 394 g/mol. The van der Waals surface area contributed by atoms with Gasteiger partial charge in [-0.25, -0.2) is 9.97 Å². The van der Waals surface area contributed by atoms with Gasteiger partial charge in [0.2, 0.25) is 0 Å². The van der Waals surface area contributed by atoms with E-state index < -0.39 is 0 Å². The normalized spacial score (nSPS) is 13.6. The van der Waals surface area contributed by atoms with Crippen LogP contribution in [0.15, 0.2) is 54.2 Å². The maximum absolute atomic E-state index is 13.7. The van der Waals surface area contributed by atoms with E-state index in [-0.39, 0.29) is 5.91 Å². The zero-order chi connectivity index (χ0) is 20.5. The summed E-state index contributed by atoms with van der Waals surface area (Å²) in [5.41, 5.74) is 2.11. The molecule has 4 aromatic heterocycles. The predicted molar refractivity (Wildman–Crippen MR) is 119 cm³/mol. The lowest BCUT2D eigenvalue weighted by Gasteiger charge is -2.21. The number of rotatable bonds is 7. The highest BCUT2D eigenvalue weighted by atomic mass is 32.1. The Kier molecular flexibility index (Phi) is 5.04. The van der Waals surface area contributed by atoms with E-state index >= 15 is 0 Å². The summed E-state index contributed by atoms with van der Waals surface area (Å²) in [5.74, 6) is 1.26. The first-order chi connectivity index (χ1) is 14.8. The lowest BCUT2D eigenvalue weighted by Crippen LogP contribution is -2.34. The number of carbonyl (C=O) groups excluding carboxylic acids is 1. The van der Waals surface area contributed by atoms with Crippen molar-refractivity contribution in [3.8, 4) is 16.3 Å². The third-order valence-electron chi connectivity index (χ3n) is 5.38. The van der Waals surface area contributed by atoms with E-state index in [1.54, 1.807) is 28.4 Å². The van der Waals surface area contributed by atoms with Crippen LogP contribution < -0.4 is 0 Å². The maximum atomic E-state index is 13.7. The first kappa shape index (κ1) is 18.9. The SMILES string of the molecule is CCCN(CC1CC1)C(=O)c1nn(-c2ccccn2)c2nccc(-c3cccs3)c12. The minimum atomic E-state index is -0.0192. The summed E-state index contributed by atoms with van der Waals surface area (Å²) >= 11 is 1.65. The summed E-state index contributed by atoms with van der Waals surface area (Å²) in [7, 11) is 0. The molecule has 0 N–H and O–H groups in total. The van der Waals surface area contributed by atoms with Gasteiger partial charge in [-0.2, -0.15) is 9.78 Å². The highest BCUT2D eigenvalue weighted by molar-refractivity contribution is 7.13. The molecule has 0 aromatic carbocycles. The van der Waals surface area contributed by atoms with E-state index in [1.165, 1.54) is 12.8 Å². The number of pyridine rings is 2. The number of nitrogens with zero attached hydrogens (tertiary/aromatic N) is 5. The molecule has 0 saturated heterocycles. The Hall–Kier alpha value is -3.06. The van der Waals surface area contributed by atoms with Crippen molar-refractivity contribution in [2.24, 2.45) is 5.92 Å². The first-order valence-corrected chi connectivity index (χ1v) is 11.3. The summed E-state index contributed by atoms with van der Waals surface area (Å²) in [6.07, 6.45) is 6.84. The smallest absolute Gasteiger partial charge is 0.275 e. The number of hydrogen-bond donors (Lipinski definition) is 0. The monoisotopic (exact) mass is 417 g/mol. The largest absolute Gasteiger partial charge is 0.337 e. The molecule has 5 rings (SSSR count). The zero-order valence-corrected chi connectivity index (χ0v) is 17.7. The van der Waals surface area contributed by atoms with Crippen molar-refractivity contribution in [3.63, 3.8) is 0 Å². The molecule has 0 atom stereocenters. The van der Waals surface area contributed by atoms with Crippen LogP contribution in [0.3, 0.4) is 0 Å². The average molecular weight is 418 g/mol. The van der Waals surface area contributed by atoms with Crippen LogP contribution in [0.2, 0.25) is 0 Å². The highest BCUT2D eigenvalue weighted by Crippen LogP contribution is 2.35. The van der Waals surface area contributed by atoms with Crippen LogP contribution in [0, 0.1) is 5.92 Å². The van der Waals surface area contributed by atoms with Gasteiger partial charge in [-0.3, -0.25) is 4.79 Å². The fourth-order valence-electron chi connectivity index (χ4n) is 3.78. The molecule has 1 amide bonds. The topological polar surface area (TPSA) is 63.9 Å².